The van der Waals surface area contributed by atoms with E-state index in [4.69, 9.17) is 4.98 Å². The van der Waals surface area contributed by atoms with Crippen LogP contribution in [0.25, 0.3) is 11.0 Å². The molecule has 1 atom stereocenters. The lowest BCUT2D eigenvalue weighted by Gasteiger charge is -2.43. The number of amides is 1. The maximum atomic E-state index is 13.5. The molecule has 5 rings (SSSR count). The van der Waals surface area contributed by atoms with E-state index in [-0.39, 0.29) is 29.4 Å². The molecule has 0 spiro atoms. The first-order valence-electron chi connectivity index (χ1n) is 11.2. The number of hydrogen-bond acceptors (Lipinski definition) is 5. The highest BCUT2D eigenvalue weighted by atomic mass is 32.2. The van der Waals surface area contributed by atoms with Gasteiger partial charge in [0.15, 0.2) is 0 Å². The molecule has 8 heteroatoms. The number of carbonyl (C=O) groups is 1. The summed E-state index contributed by atoms with van der Waals surface area (Å²) in [5, 5.41) is 0. The second kappa shape index (κ2) is 8.24. The van der Waals surface area contributed by atoms with Crippen molar-refractivity contribution < 1.29 is 13.2 Å². The Morgan fingerprint density at radius 3 is 2.56 bits per heavy atom. The van der Waals surface area contributed by atoms with Gasteiger partial charge in [0.05, 0.1) is 28.6 Å². The van der Waals surface area contributed by atoms with E-state index in [2.05, 4.69) is 41.1 Å². The summed E-state index contributed by atoms with van der Waals surface area (Å²) in [5.74, 6) is 0.900. The van der Waals surface area contributed by atoms with E-state index in [1.165, 1.54) is 5.56 Å². The SMILES string of the molecule is Cc1ccc2nc(N3CCN(C(=O)C4CCS(=O)(=O)CC4)C(c4ccccc4)C3)[nH]c2c1. The number of rotatable bonds is 3. The number of aromatic nitrogens is 2. The molecule has 0 saturated carbocycles. The molecule has 32 heavy (non-hydrogen) atoms. The molecule has 2 aromatic carbocycles. The Morgan fingerprint density at radius 2 is 1.81 bits per heavy atom. The van der Waals surface area contributed by atoms with Crippen molar-refractivity contribution >= 4 is 32.7 Å². The van der Waals surface area contributed by atoms with Crippen LogP contribution >= 0.6 is 0 Å². The van der Waals surface area contributed by atoms with E-state index in [1.54, 1.807) is 0 Å². The van der Waals surface area contributed by atoms with Crippen molar-refractivity contribution in [2.24, 2.45) is 5.92 Å². The third-order valence-corrected chi connectivity index (χ3v) is 8.39. The van der Waals surface area contributed by atoms with Crippen molar-refractivity contribution in [3.05, 3.63) is 59.7 Å². The summed E-state index contributed by atoms with van der Waals surface area (Å²) in [6, 6.07) is 16.1. The fourth-order valence-electron chi connectivity index (χ4n) is 4.83. The van der Waals surface area contributed by atoms with Gasteiger partial charge in [-0.3, -0.25) is 4.79 Å². The van der Waals surface area contributed by atoms with Crippen LogP contribution in [0, 0.1) is 12.8 Å². The summed E-state index contributed by atoms with van der Waals surface area (Å²) in [4.78, 5) is 25.8. The molecule has 7 nitrogen and oxygen atoms in total. The Bertz CT molecular complexity index is 1220. The molecular formula is C24H28N4O3S. The molecule has 3 aromatic rings. The normalized spacial score (nSPS) is 21.7. The minimum absolute atomic E-state index is 0.0774. The maximum absolute atomic E-state index is 13.5. The molecule has 168 valence electrons. The summed E-state index contributed by atoms with van der Waals surface area (Å²) in [6.45, 7) is 3.96. The Morgan fingerprint density at radius 1 is 1.06 bits per heavy atom. The van der Waals surface area contributed by atoms with E-state index < -0.39 is 9.84 Å². The van der Waals surface area contributed by atoms with Crippen molar-refractivity contribution in [3.63, 3.8) is 0 Å². The predicted octanol–water partition coefficient (Wildman–Crippen LogP) is 3.09. The number of nitrogens with one attached hydrogen (secondary N) is 1. The minimum Gasteiger partial charge on any atom is -0.338 e. The Kier molecular flexibility index (Phi) is 5.41. The molecule has 2 aliphatic rings. The van der Waals surface area contributed by atoms with Crippen LogP contribution in [0.1, 0.15) is 30.0 Å². The predicted molar refractivity (Wildman–Crippen MR) is 125 cm³/mol. The fourth-order valence-corrected chi connectivity index (χ4v) is 6.32. The average molecular weight is 453 g/mol. The highest BCUT2D eigenvalue weighted by molar-refractivity contribution is 7.91. The molecule has 1 unspecified atom stereocenters. The zero-order valence-electron chi connectivity index (χ0n) is 18.2. The van der Waals surface area contributed by atoms with Crippen LogP contribution in [-0.4, -0.2) is 60.3 Å². The molecule has 1 N–H and O–H groups in total. The van der Waals surface area contributed by atoms with Crippen LogP contribution in [-0.2, 0) is 14.6 Å². The zero-order valence-corrected chi connectivity index (χ0v) is 19.0. The first-order valence-corrected chi connectivity index (χ1v) is 13.0. The molecule has 0 aliphatic carbocycles. The van der Waals surface area contributed by atoms with Gasteiger partial charge in [0.25, 0.3) is 0 Å². The third kappa shape index (κ3) is 4.11. The number of aromatic amines is 1. The monoisotopic (exact) mass is 452 g/mol. The molecule has 2 saturated heterocycles. The number of anilines is 1. The average Bonchev–Trinajstić information content (AvgIpc) is 3.22. The second-order valence-electron chi connectivity index (χ2n) is 8.91. The topological polar surface area (TPSA) is 86.4 Å². The number of piperazine rings is 1. The lowest BCUT2D eigenvalue weighted by Crippen LogP contribution is -2.53. The van der Waals surface area contributed by atoms with Crippen LogP contribution < -0.4 is 4.90 Å². The summed E-state index contributed by atoms with van der Waals surface area (Å²) in [7, 11) is -3.00. The fraction of sp³-hybridized carbons (Fsp3) is 0.417. The third-order valence-electron chi connectivity index (χ3n) is 6.68. The molecule has 3 heterocycles. The van der Waals surface area contributed by atoms with Gasteiger partial charge in [-0.2, -0.15) is 0 Å². The standard InChI is InChI=1S/C24H28N4O3S/c1-17-7-8-20-21(15-17)26-24(25-20)27-11-12-28(22(16-27)18-5-3-2-4-6-18)23(29)19-9-13-32(30,31)14-10-19/h2-8,15,19,22H,9-14,16H2,1H3,(H,25,26). The molecular weight excluding hydrogens is 424 g/mol. The van der Waals surface area contributed by atoms with Gasteiger partial charge in [0.1, 0.15) is 9.84 Å². The van der Waals surface area contributed by atoms with E-state index in [1.807, 2.05) is 29.2 Å². The Hall–Kier alpha value is -2.87. The Labute approximate surface area is 188 Å². The minimum atomic E-state index is -3.00. The van der Waals surface area contributed by atoms with Crippen molar-refractivity contribution in [1.82, 2.24) is 14.9 Å². The highest BCUT2D eigenvalue weighted by Crippen LogP contribution is 2.32. The number of fused-ring (bicyclic) bond motifs is 1. The van der Waals surface area contributed by atoms with Crippen LogP contribution in [0.5, 0.6) is 0 Å². The van der Waals surface area contributed by atoms with Gasteiger partial charge in [-0.05, 0) is 43.0 Å². The Balaban J connectivity index is 1.41. The largest absolute Gasteiger partial charge is 0.338 e. The number of H-pyrrole nitrogens is 1. The van der Waals surface area contributed by atoms with Gasteiger partial charge in [0, 0.05) is 25.6 Å². The quantitative estimate of drug-likeness (QED) is 0.660. The number of imidazole rings is 1. The molecule has 2 aliphatic heterocycles. The lowest BCUT2D eigenvalue weighted by molar-refractivity contribution is -0.138. The molecule has 1 amide bonds. The zero-order chi connectivity index (χ0) is 22.3. The van der Waals surface area contributed by atoms with Crippen molar-refractivity contribution in [2.75, 3.05) is 36.0 Å². The summed E-state index contributed by atoms with van der Waals surface area (Å²) < 4.78 is 23.7. The first-order chi connectivity index (χ1) is 15.4. The number of hydrogen-bond donors (Lipinski definition) is 1. The van der Waals surface area contributed by atoms with Crippen molar-refractivity contribution in [3.8, 4) is 0 Å². The number of sulfone groups is 1. The summed E-state index contributed by atoms with van der Waals surface area (Å²) in [6.07, 6.45) is 0.845. The highest BCUT2D eigenvalue weighted by Gasteiger charge is 2.37. The van der Waals surface area contributed by atoms with Gasteiger partial charge < -0.3 is 14.8 Å². The summed E-state index contributed by atoms with van der Waals surface area (Å²) in [5.41, 5.74) is 4.21. The van der Waals surface area contributed by atoms with Crippen molar-refractivity contribution in [1.29, 1.82) is 0 Å². The number of carbonyl (C=O) groups excluding carboxylic acids is 1. The number of aryl methyl sites for hydroxylation is 1. The first kappa shape index (κ1) is 21.0. The maximum Gasteiger partial charge on any atom is 0.226 e. The second-order valence-corrected chi connectivity index (χ2v) is 11.2. The smallest absolute Gasteiger partial charge is 0.226 e. The van der Waals surface area contributed by atoms with E-state index in [0.717, 1.165) is 22.5 Å². The number of nitrogens with zero attached hydrogens (tertiary/aromatic N) is 3. The number of benzene rings is 2. The molecule has 2 fully saturated rings. The van der Waals surface area contributed by atoms with Gasteiger partial charge >= 0.3 is 0 Å². The van der Waals surface area contributed by atoms with Gasteiger partial charge in [-0.25, -0.2) is 13.4 Å². The molecule has 0 radical (unpaired) electrons. The van der Waals surface area contributed by atoms with Crippen LogP contribution in [0.4, 0.5) is 5.95 Å². The van der Waals surface area contributed by atoms with Crippen LogP contribution in [0.15, 0.2) is 48.5 Å². The van der Waals surface area contributed by atoms with E-state index in [9.17, 15) is 13.2 Å². The molecule has 1 aromatic heterocycles. The van der Waals surface area contributed by atoms with Gasteiger partial charge in [0.2, 0.25) is 11.9 Å². The van der Waals surface area contributed by atoms with Crippen LogP contribution in [0.2, 0.25) is 0 Å². The van der Waals surface area contributed by atoms with E-state index in [0.29, 0.717) is 32.5 Å². The van der Waals surface area contributed by atoms with Gasteiger partial charge in [-0.15, -0.1) is 0 Å². The van der Waals surface area contributed by atoms with Crippen LogP contribution in [0.3, 0.4) is 0 Å². The van der Waals surface area contributed by atoms with Gasteiger partial charge in [-0.1, -0.05) is 36.4 Å². The van der Waals surface area contributed by atoms with E-state index >= 15 is 0 Å². The van der Waals surface area contributed by atoms with Crippen molar-refractivity contribution in [2.45, 2.75) is 25.8 Å². The lowest BCUT2D eigenvalue weighted by atomic mass is 9.96. The summed E-state index contributed by atoms with van der Waals surface area (Å²) >= 11 is 0. The molecule has 0 bridgehead atoms.